The number of thiophene rings is 2. The van der Waals surface area contributed by atoms with Gasteiger partial charge in [0.25, 0.3) is 0 Å². The van der Waals surface area contributed by atoms with Gasteiger partial charge < -0.3 is 36.2 Å². The van der Waals surface area contributed by atoms with E-state index < -0.39 is 5.60 Å². The van der Waals surface area contributed by atoms with Crippen molar-refractivity contribution in [3.63, 3.8) is 0 Å². The van der Waals surface area contributed by atoms with Crippen LogP contribution in [0.1, 0.15) is 117 Å². The summed E-state index contributed by atoms with van der Waals surface area (Å²) in [6.07, 6.45) is 4.32. The lowest BCUT2D eigenvalue weighted by molar-refractivity contribution is -0.116. The number of aromatic nitrogens is 2. The minimum atomic E-state index is -0.544. The number of nitrogens with one attached hydrogen (secondary N) is 5. The van der Waals surface area contributed by atoms with E-state index in [9.17, 15) is 14.4 Å². The van der Waals surface area contributed by atoms with Gasteiger partial charge in [-0.3, -0.25) is 9.59 Å². The average molecular weight is 985 g/mol. The number of hydrogen-bond donors (Lipinski definition) is 5. The molecule has 0 bridgehead atoms. The van der Waals surface area contributed by atoms with Crippen LogP contribution in [0.3, 0.4) is 0 Å². The van der Waals surface area contributed by atoms with Crippen LogP contribution in [0.2, 0.25) is 0 Å². The maximum absolute atomic E-state index is 12.9. The zero-order valence-corrected chi connectivity index (χ0v) is 44.3. The molecule has 360 valence electrons. The zero-order valence-electron chi connectivity index (χ0n) is 41.1. The van der Waals surface area contributed by atoms with Crippen molar-refractivity contribution in [2.45, 2.75) is 145 Å². The molecule has 12 nitrogen and oxygen atoms in total. The summed E-state index contributed by atoms with van der Waals surface area (Å²) in [5.41, 5.74) is 11.1. The summed E-state index contributed by atoms with van der Waals surface area (Å²) in [5.74, 6) is 0.0406. The smallest absolute Gasteiger partial charge is 0.410 e. The Morgan fingerprint density at radius 1 is 0.716 bits per heavy atom. The lowest BCUT2D eigenvalue weighted by Crippen LogP contribution is -2.39. The number of ether oxygens (including phenoxy) is 1. The molecule has 2 unspecified atom stereocenters. The summed E-state index contributed by atoms with van der Waals surface area (Å²) in [7, 11) is 0. The molecule has 8 rings (SSSR count). The average Bonchev–Trinajstić information content (AvgIpc) is 4.05. The van der Waals surface area contributed by atoms with Crippen LogP contribution < -0.4 is 26.6 Å². The summed E-state index contributed by atoms with van der Waals surface area (Å²) >= 11 is 6.63. The molecule has 0 spiro atoms. The van der Waals surface area contributed by atoms with E-state index in [1.807, 2.05) is 20.8 Å². The maximum atomic E-state index is 12.9. The van der Waals surface area contributed by atoms with Crippen LogP contribution >= 0.6 is 45.3 Å². The van der Waals surface area contributed by atoms with Crippen LogP contribution in [0.15, 0.2) is 24.3 Å². The Bertz CT molecular complexity index is 2670. The number of carbonyl (C=O) groups is 3. The van der Waals surface area contributed by atoms with E-state index in [-0.39, 0.29) is 17.9 Å². The Balaban J connectivity index is 0.000000203. The molecule has 2 atom stereocenters. The first kappa shape index (κ1) is 50.6. The van der Waals surface area contributed by atoms with Gasteiger partial charge in [-0.25, -0.2) is 14.8 Å². The molecule has 0 radical (unpaired) electrons. The fourth-order valence-electron chi connectivity index (χ4n) is 7.95. The number of carbonyl (C=O) groups excluding carboxylic acids is 3. The topological polar surface area (TPSA) is 150 Å². The molecule has 5 N–H and O–H groups in total. The highest BCUT2D eigenvalue weighted by Crippen LogP contribution is 2.47. The Morgan fingerprint density at radius 2 is 1.19 bits per heavy atom. The van der Waals surface area contributed by atoms with Crippen molar-refractivity contribution in [3.8, 4) is 21.1 Å². The van der Waals surface area contributed by atoms with Gasteiger partial charge in [0.05, 0.1) is 27.0 Å². The van der Waals surface area contributed by atoms with Crippen molar-refractivity contribution >= 4 is 93.7 Å². The second-order valence-electron chi connectivity index (χ2n) is 19.0. The van der Waals surface area contributed by atoms with Crippen LogP contribution in [0, 0.1) is 27.7 Å². The van der Waals surface area contributed by atoms with Gasteiger partial charge in [-0.1, -0.05) is 13.8 Å². The van der Waals surface area contributed by atoms with Gasteiger partial charge in [-0.15, -0.1) is 45.3 Å². The first-order valence-corrected chi connectivity index (χ1v) is 27.0. The highest BCUT2D eigenvalue weighted by atomic mass is 32.1. The first-order chi connectivity index (χ1) is 31.9. The monoisotopic (exact) mass is 984 g/mol. The van der Waals surface area contributed by atoms with Crippen molar-refractivity contribution in [2.24, 2.45) is 0 Å². The van der Waals surface area contributed by atoms with E-state index >= 15 is 0 Å². The molecule has 16 heteroatoms. The summed E-state index contributed by atoms with van der Waals surface area (Å²) in [4.78, 5) is 52.5. The molecule has 67 heavy (non-hydrogen) atoms. The number of hydrogen-bond acceptors (Lipinski definition) is 13. The van der Waals surface area contributed by atoms with Gasteiger partial charge in [-0.2, -0.15) is 0 Å². The number of fused-ring (bicyclic) bond motifs is 4. The van der Waals surface area contributed by atoms with Gasteiger partial charge in [0, 0.05) is 72.0 Å². The quantitative estimate of drug-likeness (QED) is 0.0719. The predicted octanol–water partition coefficient (Wildman–Crippen LogP) is 11.7. The standard InChI is InChI=1S/C28H38N4O3S2.C23H30N4OS2/c1-8-18(4)29-11-9-23(33)31-26-24(25-30-20-13-16(2)17(3)14-21(20)36-25)19-10-12-32(15-22(19)37-26)27(34)35-28(5,6)7;1-5-15(4)25-9-7-20(28)27-23-21(16-6-8-24-12-19(16)30-23)22-26-17-10-13(2)14(3)11-18(17)29-22/h13-14,18,29H,8-12,15H2,1-7H3,(H,31,33);10-11,15,24-25H,5-9,12H2,1-4H3,(H,27,28). The molecular weight excluding hydrogens is 917 g/mol. The van der Waals surface area contributed by atoms with E-state index in [0.29, 0.717) is 57.5 Å². The number of thiazole rings is 2. The minimum absolute atomic E-state index is 0.0209. The molecule has 6 heterocycles. The van der Waals surface area contributed by atoms with Gasteiger partial charge in [0.1, 0.15) is 25.6 Å². The fraction of sp³-hybridized carbons (Fsp3) is 0.510. The predicted molar refractivity (Wildman–Crippen MR) is 283 cm³/mol. The highest BCUT2D eigenvalue weighted by Gasteiger charge is 2.32. The van der Waals surface area contributed by atoms with Gasteiger partial charge in [-0.05, 0) is 152 Å². The van der Waals surface area contributed by atoms with E-state index in [4.69, 9.17) is 14.7 Å². The largest absolute Gasteiger partial charge is 0.444 e. The number of amides is 3. The number of benzene rings is 2. The highest BCUT2D eigenvalue weighted by molar-refractivity contribution is 7.23. The number of aryl methyl sites for hydroxylation is 4. The Morgan fingerprint density at radius 3 is 1.69 bits per heavy atom. The van der Waals surface area contributed by atoms with E-state index in [1.165, 1.54) is 43.0 Å². The van der Waals surface area contributed by atoms with Crippen molar-refractivity contribution < 1.29 is 19.1 Å². The molecule has 3 amide bonds. The van der Waals surface area contributed by atoms with Crippen LogP contribution in [0.4, 0.5) is 14.8 Å². The third kappa shape index (κ3) is 12.5. The van der Waals surface area contributed by atoms with Gasteiger partial charge >= 0.3 is 6.09 Å². The minimum Gasteiger partial charge on any atom is -0.444 e. The molecule has 2 aromatic carbocycles. The summed E-state index contributed by atoms with van der Waals surface area (Å²) < 4.78 is 7.96. The lowest BCUT2D eigenvalue weighted by atomic mass is 10.0. The molecule has 2 aliphatic heterocycles. The van der Waals surface area contributed by atoms with E-state index in [0.717, 1.165) is 84.1 Å². The second kappa shape index (κ2) is 22.0. The Kier molecular flexibility index (Phi) is 16.6. The molecule has 0 aliphatic carbocycles. The molecular formula is C51H68N8O4S4. The van der Waals surface area contributed by atoms with E-state index in [2.05, 4.69) is 106 Å². The second-order valence-corrected chi connectivity index (χ2v) is 23.2. The first-order valence-electron chi connectivity index (χ1n) is 23.7. The van der Waals surface area contributed by atoms with Crippen LogP contribution in [0.5, 0.6) is 0 Å². The molecule has 0 fully saturated rings. The van der Waals surface area contributed by atoms with Crippen LogP contribution in [-0.4, -0.2) is 76.6 Å². The third-order valence-electron chi connectivity index (χ3n) is 12.5. The zero-order chi connectivity index (χ0) is 48.2. The Hall–Kier alpha value is -4.29. The third-order valence-corrected chi connectivity index (χ3v) is 16.8. The van der Waals surface area contributed by atoms with Crippen LogP contribution in [-0.2, 0) is 40.3 Å². The normalized spacial score (nSPS) is 14.6. The van der Waals surface area contributed by atoms with Gasteiger partial charge in [0.15, 0.2) is 0 Å². The van der Waals surface area contributed by atoms with Crippen molar-refractivity contribution in [3.05, 3.63) is 67.4 Å². The molecule has 2 aliphatic rings. The molecule has 0 saturated heterocycles. The van der Waals surface area contributed by atoms with Crippen molar-refractivity contribution in [2.75, 3.05) is 36.8 Å². The lowest BCUT2D eigenvalue weighted by Gasteiger charge is -2.30. The van der Waals surface area contributed by atoms with Gasteiger partial charge in [0.2, 0.25) is 11.8 Å². The number of nitrogens with zero attached hydrogens (tertiary/aromatic N) is 3. The number of anilines is 2. The fourth-order valence-corrected chi connectivity index (χ4v) is 12.8. The Labute approximate surface area is 412 Å². The van der Waals surface area contributed by atoms with E-state index in [1.54, 1.807) is 50.2 Å². The summed E-state index contributed by atoms with van der Waals surface area (Å²) in [5, 5.41) is 20.3. The summed E-state index contributed by atoms with van der Waals surface area (Å²) in [6, 6.07) is 9.53. The molecule has 0 saturated carbocycles. The molecule has 4 aromatic heterocycles. The SMILES string of the molecule is CCC(C)NCCC(=O)Nc1sc2c(c1-c1nc3cc(C)c(C)cc3s1)CCN(C(=O)OC(C)(C)C)C2.CCC(C)NCCC(=O)Nc1sc2c(c1-c1nc3cc(C)c(C)cc3s1)CCNC2. The van der Waals surface area contributed by atoms with Crippen molar-refractivity contribution in [1.82, 2.24) is 30.8 Å². The van der Waals surface area contributed by atoms with Crippen LogP contribution in [0.25, 0.3) is 41.6 Å². The number of rotatable bonds is 14. The molecule has 6 aromatic rings. The summed E-state index contributed by atoms with van der Waals surface area (Å²) in [6.45, 7) is 26.9. The van der Waals surface area contributed by atoms with Crippen molar-refractivity contribution in [1.29, 1.82) is 0 Å². The maximum Gasteiger partial charge on any atom is 0.410 e.